The summed E-state index contributed by atoms with van der Waals surface area (Å²) in [5.41, 5.74) is -0.383. The van der Waals surface area contributed by atoms with Crippen LogP contribution in [0.2, 0.25) is 0 Å². The number of benzene rings is 1. The van der Waals surface area contributed by atoms with Crippen molar-refractivity contribution in [1.82, 2.24) is 14.5 Å². The number of nitrogens with zero attached hydrogens (tertiary/aromatic N) is 3. The molecule has 1 aromatic heterocycles. The van der Waals surface area contributed by atoms with Crippen molar-refractivity contribution >= 4 is 16.8 Å². The highest BCUT2D eigenvalue weighted by Gasteiger charge is 2.35. The van der Waals surface area contributed by atoms with Crippen LogP contribution in [0.25, 0.3) is 10.9 Å². The number of likely N-dealkylation sites (tertiary alicyclic amines) is 1. The minimum absolute atomic E-state index is 0.0957. The second-order valence-electron chi connectivity index (χ2n) is 9.10. The molecule has 30 heavy (non-hydrogen) atoms. The van der Waals surface area contributed by atoms with Crippen molar-refractivity contribution in [2.45, 2.75) is 76.9 Å². The predicted octanol–water partition coefficient (Wildman–Crippen LogP) is 3.28. The van der Waals surface area contributed by atoms with Crippen molar-refractivity contribution in [3.05, 3.63) is 40.4 Å². The summed E-state index contributed by atoms with van der Waals surface area (Å²) < 4.78 is 1.64. The number of carbonyl (C=O) groups excluding carboxylic acids is 1. The Morgan fingerprint density at radius 2 is 1.87 bits per heavy atom. The molecular formula is C24H33N3O3. The number of para-hydroxylation sites is 1. The largest absolute Gasteiger partial charge is 0.388 e. The van der Waals surface area contributed by atoms with Gasteiger partial charge in [0.25, 0.3) is 5.56 Å². The summed E-state index contributed by atoms with van der Waals surface area (Å²) in [6.07, 6.45) is 8.37. The Labute approximate surface area is 177 Å². The summed E-state index contributed by atoms with van der Waals surface area (Å²) >= 11 is 0. The van der Waals surface area contributed by atoms with Gasteiger partial charge in [-0.15, -0.1) is 0 Å². The Bertz CT molecular complexity index is 954. The maximum Gasteiger partial charge on any atom is 0.261 e. The molecule has 1 aliphatic carbocycles. The van der Waals surface area contributed by atoms with Crippen LogP contribution < -0.4 is 5.56 Å². The number of aryl methyl sites for hydroxylation is 1. The zero-order chi connectivity index (χ0) is 21.1. The van der Waals surface area contributed by atoms with Crippen molar-refractivity contribution in [1.29, 1.82) is 0 Å². The van der Waals surface area contributed by atoms with Crippen LogP contribution >= 0.6 is 0 Å². The van der Waals surface area contributed by atoms with Gasteiger partial charge in [-0.25, -0.2) is 4.98 Å². The molecule has 2 heterocycles. The highest BCUT2D eigenvalue weighted by molar-refractivity contribution is 5.77. The van der Waals surface area contributed by atoms with Crippen LogP contribution in [-0.2, 0) is 17.8 Å². The number of rotatable bonds is 5. The SMILES string of the molecule is CCc1nc2ccccc2c(=O)n1CC1(O)CCN(C(=O)CC2CCCCC2)CC1. The summed E-state index contributed by atoms with van der Waals surface area (Å²) in [4.78, 5) is 32.3. The summed E-state index contributed by atoms with van der Waals surface area (Å²) in [6, 6.07) is 7.36. The lowest BCUT2D eigenvalue weighted by atomic mass is 9.86. The summed E-state index contributed by atoms with van der Waals surface area (Å²) in [5, 5.41) is 11.8. The van der Waals surface area contributed by atoms with Gasteiger partial charge in [-0.1, -0.05) is 38.3 Å². The number of amides is 1. The highest BCUT2D eigenvalue weighted by Crippen LogP contribution is 2.29. The van der Waals surface area contributed by atoms with E-state index in [-0.39, 0.29) is 18.0 Å². The maximum atomic E-state index is 13.1. The van der Waals surface area contributed by atoms with Gasteiger partial charge in [0.1, 0.15) is 5.82 Å². The fourth-order valence-corrected chi connectivity index (χ4v) is 5.04. The molecular weight excluding hydrogens is 378 g/mol. The number of hydrogen-bond donors (Lipinski definition) is 1. The topological polar surface area (TPSA) is 75.4 Å². The van der Waals surface area contributed by atoms with E-state index in [1.165, 1.54) is 32.1 Å². The van der Waals surface area contributed by atoms with Gasteiger partial charge < -0.3 is 10.0 Å². The molecule has 1 saturated heterocycles. The van der Waals surface area contributed by atoms with E-state index in [0.717, 1.165) is 0 Å². The van der Waals surface area contributed by atoms with Crippen molar-refractivity contribution < 1.29 is 9.90 Å². The first kappa shape index (κ1) is 21.0. The molecule has 0 unspecified atom stereocenters. The minimum Gasteiger partial charge on any atom is -0.388 e. The molecule has 4 rings (SSSR count). The number of piperidine rings is 1. The Hall–Kier alpha value is -2.21. The Morgan fingerprint density at radius 3 is 2.57 bits per heavy atom. The number of fused-ring (bicyclic) bond motifs is 1. The fourth-order valence-electron chi connectivity index (χ4n) is 5.04. The lowest BCUT2D eigenvalue weighted by Gasteiger charge is -2.39. The molecule has 2 fully saturated rings. The second-order valence-corrected chi connectivity index (χ2v) is 9.10. The third-order valence-corrected chi connectivity index (χ3v) is 6.94. The van der Waals surface area contributed by atoms with Crippen molar-refractivity contribution in [3.63, 3.8) is 0 Å². The van der Waals surface area contributed by atoms with Crippen LogP contribution in [0.4, 0.5) is 0 Å². The van der Waals surface area contributed by atoms with Crippen LogP contribution in [0.3, 0.4) is 0 Å². The molecule has 1 aliphatic heterocycles. The Morgan fingerprint density at radius 1 is 1.17 bits per heavy atom. The first-order valence-corrected chi connectivity index (χ1v) is 11.5. The quantitative estimate of drug-likeness (QED) is 0.819. The lowest BCUT2D eigenvalue weighted by molar-refractivity contribution is -0.137. The first-order chi connectivity index (χ1) is 14.5. The monoisotopic (exact) mass is 411 g/mol. The second kappa shape index (κ2) is 8.88. The van der Waals surface area contributed by atoms with E-state index in [9.17, 15) is 14.7 Å². The molecule has 1 saturated carbocycles. The van der Waals surface area contributed by atoms with Gasteiger partial charge in [0.2, 0.25) is 5.91 Å². The molecule has 0 bridgehead atoms. The molecule has 0 spiro atoms. The van der Waals surface area contributed by atoms with E-state index in [0.29, 0.717) is 61.4 Å². The number of carbonyl (C=O) groups is 1. The van der Waals surface area contributed by atoms with Gasteiger partial charge in [0.15, 0.2) is 0 Å². The number of aliphatic hydroxyl groups is 1. The fraction of sp³-hybridized carbons (Fsp3) is 0.625. The van der Waals surface area contributed by atoms with Crippen LogP contribution in [0.1, 0.15) is 64.1 Å². The van der Waals surface area contributed by atoms with E-state index in [4.69, 9.17) is 0 Å². The molecule has 162 valence electrons. The van der Waals surface area contributed by atoms with Gasteiger partial charge >= 0.3 is 0 Å². The molecule has 0 atom stereocenters. The van der Waals surface area contributed by atoms with E-state index in [1.54, 1.807) is 10.6 Å². The molecule has 2 aromatic rings. The van der Waals surface area contributed by atoms with Gasteiger partial charge in [0.05, 0.1) is 23.0 Å². The van der Waals surface area contributed by atoms with E-state index < -0.39 is 5.60 Å². The number of aromatic nitrogens is 2. The van der Waals surface area contributed by atoms with Gasteiger partial charge in [-0.3, -0.25) is 14.2 Å². The average molecular weight is 412 g/mol. The van der Waals surface area contributed by atoms with Gasteiger partial charge in [-0.05, 0) is 43.7 Å². The molecule has 2 aliphatic rings. The van der Waals surface area contributed by atoms with Crippen molar-refractivity contribution in [2.75, 3.05) is 13.1 Å². The molecule has 1 amide bonds. The lowest BCUT2D eigenvalue weighted by Crippen LogP contribution is -2.50. The maximum absolute atomic E-state index is 13.1. The zero-order valence-electron chi connectivity index (χ0n) is 18.0. The molecule has 6 nitrogen and oxygen atoms in total. The summed E-state index contributed by atoms with van der Waals surface area (Å²) in [6.45, 7) is 3.32. The zero-order valence-corrected chi connectivity index (χ0v) is 18.0. The average Bonchev–Trinajstić information content (AvgIpc) is 2.76. The molecule has 6 heteroatoms. The normalized spacial score (nSPS) is 19.9. The molecule has 1 N–H and O–H groups in total. The standard InChI is InChI=1S/C24H33N3O3/c1-2-21-25-20-11-7-6-10-19(20)23(29)27(21)17-24(30)12-14-26(15-13-24)22(28)16-18-8-4-3-5-9-18/h6-7,10-11,18,30H,2-5,8-9,12-17H2,1H3. The first-order valence-electron chi connectivity index (χ1n) is 11.5. The smallest absolute Gasteiger partial charge is 0.261 e. The predicted molar refractivity (Wildman–Crippen MR) is 117 cm³/mol. The Kier molecular flexibility index (Phi) is 6.23. The molecule has 1 aromatic carbocycles. The minimum atomic E-state index is -0.987. The van der Waals surface area contributed by atoms with E-state index in [1.807, 2.05) is 30.0 Å². The van der Waals surface area contributed by atoms with Crippen LogP contribution in [0, 0.1) is 5.92 Å². The molecule has 0 radical (unpaired) electrons. The summed E-state index contributed by atoms with van der Waals surface area (Å²) in [5.74, 6) is 1.45. The Balaban J connectivity index is 1.44. The number of hydrogen-bond acceptors (Lipinski definition) is 4. The van der Waals surface area contributed by atoms with Crippen LogP contribution in [0.5, 0.6) is 0 Å². The summed E-state index contributed by atoms with van der Waals surface area (Å²) in [7, 11) is 0. The van der Waals surface area contributed by atoms with Gasteiger partial charge in [-0.2, -0.15) is 0 Å². The van der Waals surface area contributed by atoms with Crippen molar-refractivity contribution in [3.8, 4) is 0 Å². The van der Waals surface area contributed by atoms with Gasteiger partial charge in [0, 0.05) is 25.9 Å². The third kappa shape index (κ3) is 4.43. The van der Waals surface area contributed by atoms with Crippen LogP contribution in [-0.4, -0.2) is 44.2 Å². The van der Waals surface area contributed by atoms with Crippen molar-refractivity contribution in [2.24, 2.45) is 5.92 Å². The van der Waals surface area contributed by atoms with Crippen LogP contribution in [0.15, 0.2) is 29.1 Å². The van der Waals surface area contributed by atoms with E-state index in [2.05, 4.69) is 4.98 Å². The third-order valence-electron chi connectivity index (χ3n) is 6.94. The highest BCUT2D eigenvalue weighted by atomic mass is 16.3. The van der Waals surface area contributed by atoms with E-state index >= 15 is 0 Å².